The number of unbranched alkanes of at least 4 members (excludes halogenated alkanes) is 3. The topological polar surface area (TPSA) is 63.2 Å². The quantitative estimate of drug-likeness (QED) is 0.495. The Morgan fingerprint density at radius 2 is 1.78 bits per heavy atom. The molecule has 2 rings (SSSR count). The first-order valence-corrected chi connectivity index (χ1v) is 10.8. The van der Waals surface area contributed by atoms with Gasteiger partial charge in [-0.25, -0.2) is 0 Å². The molecule has 1 atom stereocenters. The van der Waals surface area contributed by atoms with Gasteiger partial charge in [0.1, 0.15) is 0 Å². The van der Waals surface area contributed by atoms with Crippen LogP contribution < -0.4 is 19.5 Å². The number of benzene rings is 1. The zero-order valence-corrected chi connectivity index (χ0v) is 17.6. The molecule has 0 amide bonds. The monoisotopic (exact) mass is 398 g/mol. The smallest absolute Gasteiger partial charge is 0.203 e. The van der Waals surface area contributed by atoms with Gasteiger partial charge in [0.15, 0.2) is 11.5 Å². The third-order valence-electron chi connectivity index (χ3n) is 4.81. The van der Waals surface area contributed by atoms with Gasteiger partial charge in [-0.2, -0.15) is 0 Å². The van der Waals surface area contributed by atoms with Crippen molar-refractivity contribution in [2.75, 3.05) is 59.1 Å². The molecule has 0 spiro atoms. The molecule has 1 aliphatic heterocycles. The first kappa shape index (κ1) is 22.1. The molecule has 1 unspecified atom stereocenters. The maximum Gasteiger partial charge on any atom is 0.203 e. The van der Waals surface area contributed by atoms with Crippen molar-refractivity contribution in [2.45, 2.75) is 31.8 Å². The summed E-state index contributed by atoms with van der Waals surface area (Å²) in [6.07, 6.45) is 4.31. The van der Waals surface area contributed by atoms with Gasteiger partial charge in [-0.05, 0) is 43.6 Å². The molecule has 0 radical (unpaired) electrons. The zero-order chi connectivity index (χ0) is 19.5. The molecule has 6 nitrogen and oxygen atoms in total. The maximum atomic E-state index is 10.5. The fourth-order valence-electron chi connectivity index (χ4n) is 3.22. The molecule has 1 saturated heterocycles. The Hall–Kier alpha value is -1.15. The van der Waals surface area contributed by atoms with E-state index >= 15 is 0 Å². The summed E-state index contributed by atoms with van der Waals surface area (Å²) >= 11 is 2.03. The summed E-state index contributed by atoms with van der Waals surface area (Å²) in [4.78, 5) is 2.54. The summed E-state index contributed by atoms with van der Waals surface area (Å²) in [5, 5.41) is 13.8. The number of nitrogens with one attached hydrogen (secondary N) is 1. The Morgan fingerprint density at radius 3 is 2.37 bits per heavy atom. The molecule has 1 aromatic rings. The molecule has 1 aromatic carbocycles. The Labute approximate surface area is 167 Å². The number of hydrogen-bond acceptors (Lipinski definition) is 7. The van der Waals surface area contributed by atoms with E-state index in [2.05, 4.69) is 10.2 Å². The van der Waals surface area contributed by atoms with Gasteiger partial charge in [-0.15, -0.1) is 11.8 Å². The van der Waals surface area contributed by atoms with Crippen LogP contribution in [0, 0.1) is 0 Å². The first-order valence-electron chi connectivity index (χ1n) is 9.68. The third-order valence-corrected chi connectivity index (χ3v) is 5.83. The molecule has 154 valence electrons. The van der Waals surface area contributed by atoms with E-state index in [4.69, 9.17) is 14.2 Å². The number of rotatable bonds is 13. The van der Waals surface area contributed by atoms with E-state index in [0.29, 0.717) is 23.8 Å². The van der Waals surface area contributed by atoms with Gasteiger partial charge in [-0.3, -0.25) is 4.90 Å². The number of ether oxygens (including phenoxy) is 3. The van der Waals surface area contributed by atoms with E-state index in [-0.39, 0.29) is 0 Å². The van der Waals surface area contributed by atoms with E-state index in [1.807, 2.05) is 11.8 Å². The zero-order valence-electron chi connectivity index (χ0n) is 16.8. The lowest BCUT2D eigenvalue weighted by molar-refractivity contribution is 0.173. The van der Waals surface area contributed by atoms with Crippen molar-refractivity contribution in [1.29, 1.82) is 0 Å². The van der Waals surface area contributed by atoms with Crippen LogP contribution in [-0.2, 0) is 0 Å². The van der Waals surface area contributed by atoms with Crippen molar-refractivity contribution in [3.05, 3.63) is 17.7 Å². The van der Waals surface area contributed by atoms with Crippen molar-refractivity contribution in [3.8, 4) is 17.2 Å². The van der Waals surface area contributed by atoms with Gasteiger partial charge in [0.05, 0.1) is 27.4 Å². The molecule has 1 heterocycles. The Bertz CT molecular complexity index is 528. The normalized spacial score (nSPS) is 15.7. The van der Waals surface area contributed by atoms with E-state index < -0.39 is 6.10 Å². The van der Waals surface area contributed by atoms with Crippen molar-refractivity contribution >= 4 is 11.8 Å². The molecule has 0 bridgehead atoms. The molecule has 1 fully saturated rings. The summed E-state index contributed by atoms with van der Waals surface area (Å²) in [6.45, 7) is 3.91. The van der Waals surface area contributed by atoms with Crippen molar-refractivity contribution in [2.24, 2.45) is 0 Å². The fraction of sp³-hybridized carbons (Fsp3) is 0.700. The van der Waals surface area contributed by atoms with Crippen LogP contribution in [0.4, 0.5) is 0 Å². The number of hydrogen-bond donors (Lipinski definition) is 2. The van der Waals surface area contributed by atoms with E-state index in [9.17, 15) is 5.11 Å². The van der Waals surface area contributed by atoms with Crippen LogP contribution in [-0.4, -0.2) is 69.1 Å². The predicted molar refractivity (Wildman–Crippen MR) is 111 cm³/mol. The second-order valence-corrected chi connectivity index (χ2v) is 7.82. The van der Waals surface area contributed by atoms with Crippen LogP contribution in [0.5, 0.6) is 17.2 Å². The maximum absolute atomic E-state index is 10.5. The Morgan fingerprint density at radius 1 is 1.07 bits per heavy atom. The van der Waals surface area contributed by atoms with E-state index in [1.165, 1.54) is 44.0 Å². The van der Waals surface area contributed by atoms with E-state index in [0.717, 1.165) is 18.5 Å². The summed E-state index contributed by atoms with van der Waals surface area (Å²) in [7, 11) is 4.73. The minimum absolute atomic E-state index is 0.504. The average Bonchev–Trinajstić information content (AvgIpc) is 3.21. The van der Waals surface area contributed by atoms with Crippen LogP contribution in [0.25, 0.3) is 0 Å². The van der Waals surface area contributed by atoms with Crippen molar-refractivity contribution < 1.29 is 19.3 Å². The van der Waals surface area contributed by atoms with Gasteiger partial charge in [0.2, 0.25) is 5.75 Å². The highest BCUT2D eigenvalue weighted by molar-refractivity contribution is 7.99. The predicted octanol–water partition coefficient (Wildman–Crippen LogP) is 2.90. The van der Waals surface area contributed by atoms with Gasteiger partial charge < -0.3 is 24.6 Å². The average molecular weight is 399 g/mol. The molecule has 0 aliphatic carbocycles. The molecule has 7 heteroatoms. The van der Waals surface area contributed by atoms with Crippen molar-refractivity contribution in [1.82, 2.24) is 10.2 Å². The van der Waals surface area contributed by atoms with Crippen LogP contribution in [0.3, 0.4) is 0 Å². The number of nitrogens with zero attached hydrogens (tertiary/aromatic N) is 1. The highest BCUT2D eigenvalue weighted by atomic mass is 32.2. The largest absolute Gasteiger partial charge is 0.493 e. The van der Waals surface area contributed by atoms with Gasteiger partial charge in [-0.1, -0.05) is 12.8 Å². The molecule has 1 aliphatic rings. The first-order chi connectivity index (χ1) is 13.2. The Balaban J connectivity index is 1.65. The lowest BCUT2D eigenvalue weighted by Crippen LogP contribution is -2.23. The summed E-state index contributed by atoms with van der Waals surface area (Å²) in [5.74, 6) is 4.15. The van der Waals surface area contributed by atoms with Gasteiger partial charge in [0.25, 0.3) is 0 Å². The Kier molecular flexibility index (Phi) is 10.1. The summed E-state index contributed by atoms with van der Waals surface area (Å²) in [6, 6.07) is 3.59. The highest BCUT2D eigenvalue weighted by Crippen LogP contribution is 2.39. The molecule has 0 aromatic heterocycles. The lowest BCUT2D eigenvalue weighted by atomic mass is 10.1. The highest BCUT2D eigenvalue weighted by Gasteiger charge is 2.17. The van der Waals surface area contributed by atoms with Crippen LogP contribution >= 0.6 is 11.8 Å². The third kappa shape index (κ3) is 7.07. The molecule has 27 heavy (non-hydrogen) atoms. The molecular weight excluding hydrogens is 364 g/mol. The number of aliphatic hydroxyl groups is 1. The minimum Gasteiger partial charge on any atom is -0.493 e. The number of methoxy groups -OCH3 is 3. The second-order valence-electron chi connectivity index (χ2n) is 6.75. The van der Waals surface area contributed by atoms with Gasteiger partial charge >= 0.3 is 0 Å². The molecule has 2 N–H and O–H groups in total. The lowest BCUT2D eigenvalue weighted by Gasteiger charge is -2.17. The minimum atomic E-state index is -0.619. The summed E-state index contributed by atoms with van der Waals surface area (Å²) < 4.78 is 16.0. The fourth-order valence-corrected chi connectivity index (χ4v) is 4.25. The SMILES string of the molecule is COc1cc(C(O)CNCCCCCCN2CCSC2)cc(OC)c1OC. The van der Waals surface area contributed by atoms with E-state index in [1.54, 1.807) is 33.5 Å². The number of thioether (sulfide) groups is 1. The van der Waals surface area contributed by atoms with Crippen LogP contribution in [0.2, 0.25) is 0 Å². The number of aliphatic hydroxyl groups excluding tert-OH is 1. The summed E-state index contributed by atoms with van der Waals surface area (Å²) in [5.41, 5.74) is 0.750. The standard InChI is InChI=1S/C20H34N2O4S/c1-24-18-12-16(13-19(25-2)20(18)26-3)17(23)14-21-8-6-4-5-7-9-22-10-11-27-15-22/h12-13,17,21,23H,4-11,14-15H2,1-3H3. The van der Waals surface area contributed by atoms with Crippen LogP contribution in [0.1, 0.15) is 37.4 Å². The molecule has 0 saturated carbocycles. The second kappa shape index (κ2) is 12.3. The van der Waals surface area contributed by atoms with Crippen LogP contribution in [0.15, 0.2) is 12.1 Å². The van der Waals surface area contributed by atoms with Crippen molar-refractivity contribution in [3.63, 3.8) is 0 Å². The van der Waals surface area contributed by atoms with Gasteiger partial charge in [0, 0.05) is 24.7 Å². The molecular formula is C20H34N2O4S.